The lowest BCUT2D eigenvalue weighted by molar-refractivity contribution is -0.132. The smallest absolute Gasteiger partial charge is 0.335 e. The van der Waals surface area contributed by atoms with Crippen molar-refractivity contribution in [2.75, 3.05) is 0 Å². The summed E-state index contributed by atoms with van der Waals surface area (Å²) in [5.74, 6) is -2.42. The molecule has 0 spiro atoms. The summed E-state index contributed by atoms with van der Waals surface area (Å²) in [5, 5.41) is 10.8. The molecule has 1 aromatic rings. The Balaban J connectivity index is 2.73. The first-order chi connectivity index (χ1) is 7.91. The van der Waals surface area contributed by atoms with Crippen LogP contribution < -0.4 is 5.32 Å². The molecule has 0 heterocycles. The highest BCUT2D eigenvalue weighted by Gasteiger charge is 2.18. The molecule has 6 heteroatoms. The number of carbonyl (C=O) groups is 2. The molecule has 2 N–H and O–H groups in total. The van der Waals surface area contributed by atoms with Crippen LogP contribution in [0.3, 0.4) is 0 Å². The lowest BCUT2D eigenvalue weighted by Crippen LogP contribution is -2.31. The standard InChI is InChI=1S/C11H11F2NO3/c1-6(14-10(15)9(12)13)7-2-4-8(5-3-7)11(16)17/h2-6,9H,1H3,(H,14,15)(H,16,17)/t6-/m0/s1. The Labute approximate surface area is 96.3 Å². The first kappa shape index (κ1) is 13.1. The van der Waals surface area contributed by atoms with Crippen molar-refractivity contribution < 1.29 is 23.5 Å². The molecule has 0 radical (unpaired) electrons. The van der Waals surface area contributed by atoms with Crippen molar-refractivity contribution in [2.45, 2.75) is 19.4 Å². The molecule has 1 aromatic carbocycles. The van der Waals surface area contributed by atoms with E-state index in [1.807, 2.05) is 0 Å². The van der Waals surface area contributed by atoms with Crippen LogP contribution in [0.15, 0.2) is 24.3 Å². The predicted octanol–water partition coefficient (Wildman–Crippen LogP) is 1.83. The van der Waals surface area contributed by atoms with Crippen LogP contribution in [0, 0.1) is 0 Å². The highest BCUT2D eigenvalue weighted by atomic mass is 19.3. The Kier molecular flexibility index (Phi) is 4.14. The van der Waals surface area contributed by atoms with E-state index in [-0.39, 0.29) is 5.56 Å². The van der Waals surface area contributed by atoms with E-state index in [4.69, 9.17) is 5.11 Å². The molecule has 0 unspecified atom stereocenters. The van der Waals surface area contributed by atoms with E-state index in [0.29, 0.717) is 5.56 Å². The van der Waals surface area contributed by atoms with Gasteiger partial charge in [-0.15, -0.1) is 0 Å². The molecule has 0 aliphatic carbocycles. The fourth-order valence-corrected chi connectivity index (χ4v) is 1.27. The number of alkyl halides is 2. The van der Waals surface area contributed by atoms with Crippen molar-refractivity contribution in [2.24, 2.45) is 0 Å². The quantitative estimate of drug-likeness (QED) is 0.847. The third-order valence-electron chi connectivity index (χ3n) is 2.21. The number of halogens is 2. The summed E-state index contributed by atoms with van der Waals surface area (Å²) in [6.45, 7) is 1.54. The van der Waals surface area contributed by atoms with Gasteiger partial charge in [0, 0.05) is 0 Å². The highest BCUT2D eigenvalue weighted by molar-refractivity contribution is 5.87. The monoisotopic (exact) mass is 243 g/mol. The van der Waals surface area contributed by atoms with Crippen LogP contribution in [0.25, 0.3) is 0 Å². The molecule has 1 amide bonds. The number of hydrogen-bond acceptors (Lipinski definition) is 2. The molecule has 0 bridgehead atoms. The van der Waals surface area contributed by atoms with Gasteiger partial charge in [-0.2, -0.15) is 8.78 Å². The highest BCUT2D eigenvalue weighted by Crippen LogP contribution is 2.14. The number of carbonyl (C=O) groups excluding carboxylic acids is 1. The summed E-state index contributed by atoms with van der Waals surface area (Å²) >= 11 is 0. The number of rotatable bonds is 4. The summed E-state index contributed by atoms with van der Waals surface area (Å²) in [6.07, 6.45) is -3.06. The first-order valence-electron chi connectivity index (χ1n) is 4.83. The average Bonchev–Trinajstić information content (AvgIpc) is 2.28. The van der Waals surface area contributed by atoms with Crippen LogP contribution in [-0.4, -0.2) is 23.4 Å². The Morgan fingerprint density at radius 1 is 1.24 bits per heavy atom. The largest absolute Gasteiger partial charge is 0.478 e. The Bertz CT molecular complexity index is 417. The molecule has 1 rings (SSSR count). The Hall–Kier alpha value is -1.98. The normalized spacial score (nSPS) is 12.2. The summed E-state index contributed by atoms with van der Waals surface area (Å²) < 4.78 is 24.0. The summed E-state index contributed by atoms with van der Waals surface area (Å²) in [5.41, 5.74) is 0.658. The van der Waals surface area contributed by atoms with Gasteiger partial charge in [0.1, 0.15) is 0 Å². The third kappa shape index (κ3) is 3.51. The molecule has 17 heavy (non-hydrogen) atoms. The number of aromatic carboxylic acids is 1. The van der Waals surface area contributed by atoms with Gasteiger partial charge in [-0.25, -0.2) is 4.79 Å². The van der Waals surface area contributed by atoms with Crippen LogP contribution in [-0.2, 0) is 4.79 Å². The van der Waals surface area contributed by atoms with E-state index in [0.717, 1.165) is 0 Å². The van der Waals surface area contributed by atoms with Gasteiger partial charge >= 0.3 is 12.4 Å². The van der Waals surface area contributed by atoms with E-state index in [1.54, 1.807) is 0 Å². The molecule has 0 saturated carbocycles. The number of carboxylic acid groups (broad SMARTS) is 1. The third-order valence-corrected chi connectivity index (χ3v) is 2.21. The fourth-order valence-electron chi connectivity index (χ4n) is 1.27. The number of carboxylic acids is 1. The van der Waals surface area contributed by atoms with Gasteiger partial charge in [0.2, 0.25) is 0 Å². The number of nitrogens with one attached hydrogen (secondary N) is 1. The lowest BCUT2D eigenvalue weighted by Gasteiger charge is -2.13. The van der Waals surface area contributed by atoms with Gasteiger partial charge in [-0.3, -0.25) is 4.79 Å². The van der Waals surface area contributed by atoms with E-state index < -0.39 is 24.3 Å². The second-order valence-corrected chi connectivity index (χ2v) is 3.46. The first-order valence-corrected chi connectivity index (χ1v) is 4.83. The zero-order valence-electron chi connectivity index (χ0n) is 8.98. The van der Waals surface area contributed by atoms with Crippen molar-refractivity contribution in [3.05, 3.63) is 35.4 Å². The van der Waals surface area contributed by atoms with E-state index in [2.05, 4.69) is 5.32 Å². The van der Waals surface area contributed by atoms with Crippen molar-refractivity contribution in [3.8, 4) is 0 Å². The maximum atomic E-state index is 12.0. The molecule has 0 aliphatic rings. The Morgan fingerprint density at radius 2 is 1.76 bits per heavy atom. The minimum Gasteiger partial charge on any atom is -0.478 e. The summed E-state index contributed by atoms with van der Waals surface area (Å²) in [7, 11) is 0. The van der Waals surface area contributed by atoms with Gasteiger partial charge in [0.05, 0.1) is 11.6 Å². The average molecular weight is 243 g/mol. The lowest BCUT2D eigenvalue weighted by atomic mass is 10.1. The van der Waals surface area contributed by atoms with Crippen LogP contribution in [0.1, 0.15) is 28.9 Å². The molecule has 0 fully saturated rings. The summed E-state index contributed by atoms with van der Waals surface area (Å²) in [6, 6.07) is 5.05. The van der Waals surface area contributed by atoms with Gasteiger partial charge in [0.15, 0.2) is 0 Å². The van der Waals surface area contributed by atoms with Crippen LogP contribution in [0.4, 0.5) is 8.78 Å². The SMILES string of the molecule is C[C@H](NC(=O)C(F)F)c1ccc(C(=O)O)cc1. The zero-order chi connectivity index (χ0) is 13.0. The zero-order valence-corrected chi connectivity index (χ0v) is 8.98. The number of benzene rings is 1. The Morgan fingerprint density at radius 3 is 2.18 bits per heavy atom. The van der Waals surface area contributed by atoms with Gasteiger partial charge in [-0.05, 0) is 24.6 Å². The van der Waals surface area contributed by atoms with Crippen LogP contribution in [0.5, 0.6) is 0 Å². The van der Waals surface area contributed by atoms with Crippen molar-refractivity contribution in [1.82, 2.24) is 5.32 Å². The fraction of sp³-hybridized carbons (Fsp3) is 0.273. The van der Waals surface area contributed by atoms with Gasteiger partial charge in [-0.1, -0.05) is 12.1 Å². The second kappa shape index (κ2) is 5.38. The molecular formula is C11H11F2NO3. The second-order valence-electron chi connectivity index (χ2n) is 3.46. The maximum absolute atomic E-state index is 12.0. The molecule has 4 nitrogen and oxygen atoms in total. The maximum Gasteiger partial charge on any atom is 0.335 e. The van der Waals surface area contributed by atoms with Crippen molar-refractivity contribution in [3.63, 3.8) is 0 Å². The minimum absolute atomic E-state index is 0.0983. The van der Waals surface area contributed by atoms with Crippen LogP contribution in [0.2, 0.25) is 0 Å². The molecule has 0 aromatic heterocycles. The number of amides is 1. The molecule has 0 saturated heterocycles. The van der Waals surface area contributed by atoms with Crippen LogP contribution >= 0.6 is 0 Å². The van der Waals surface area contributed by atoms with E-state index in [9.17, 15) is 18.4 Å². The topological polar surface area (TPSA) is 66.4 Å². The molecule has 92 valence electrons. The van der Waals surface area contributed by atoms with Gasteiger partial charge in [0.25, 0.3) is 5.91 Å². The predicted molar refractivity (Wildman–Crippen MR) is 56.0 cm³/mol. The van der Waals surface area contributed by atoms with Crippen molar-refractivity contribution >= 4 is 11.9 Å². The van der Waals surface area contributed by atoms with Gasteiger partial charge < -0.3 is 10.4 Å². The van der Waals surface area contributed by atoms with Crippen molar-refractivity contribution in [1.29, 1.82) is 0 Å². The van der Waals surface area contributed by atoms with E-state index in [1.165, 1.54) is 31.2 Å². The van der Waals surface area contributed by atoms with E-state index >= 15 is 0 Å². The molecule has 0 aliphatic heterocycles. The molecular weight excluding hydrogens is 232 g/mol. The number of hydrogen-bond donors (Lipinski definition) is 2. The molecule has 1 atom stereocenters. The minimum atomic E-state index is -3.06. The summed E-state index contributed by atoms with van der Waals surface area (Å²) in [4.78, 5) is 21.3.